The molecule has 3 aromatic rings. The molecule has 1 heterocycles. The highest BCUT2D eigenvalue weighted by atomic mass is 16.5. The predicted octanol–water partition coefficient (Wildman–Crippen LogP) is 4.88. The van der Waals surface area contributed by atoms with Gasteiger partial charge < -0.3 is 23.9 Å². The Morgan fingerprint density at radius 3 is 2.48 bits per heavy atom. The third-order valence-corrected chi connectivity index (χ3v) is 4.00. The number of oxazole rings is 1. The fourth-order valence-corrected chi connectivity index (χ4v) is 2.62. The molecular formula is C22H21N3O4. The van der Waals surface area contributed by atoms with Crippen molar-refractivity contribution in [2.75, 3.05) is 26.1 Å². The van der Waals surface area contributed by atoms with Crippen LogP contribution in [0, 0.1) is 11.3 Å². The number of ether oxygens (including phenoxy) is 3. The average Bonchev–Trinajstić information content (AvgIpc) is 3.15. The molecule has 1 aromatic heterocycles. The Labute approximate surface area is 169 Å². The van der Waals surface area contributed by atoms with Crippen molar-refractivity contribution < 1.29 is 18.6 Å². The summed E-state index contributed by atoms with van der Waals surface area (Å²) in [6.07, 6.45) is 3.50. The van der Waals surface area contributed by atoms with Crippen LogP contribution in [0.25, 0.3) is 12.2 Å². The summed E-state index contributed by atoms with van der Waals surface area (Å²) in [7, 11) is 3.17. The molecule has 0 saturated heterocycles. The number of nitrogens with one attached hydrogen (secondary N) is 1. The van der Waals surface area contributed by atoms with Crippen molar-refractivity contribution in [3.05, 3.63) is 59.6 Å². The van der Waals surface area contributed by atoms with E-state index < -0.39 is 0 Å². The number of nitriles is 1. The van der Waals surface area contributed by atoms with Gasteiger partial charge in [-0.3, -0.25) is 0 Å². The molecule has 148 valence electrons. The summed E-state index contributed by atoms with van der Waals surface area (Å²) in [6, 6.07) is 14.9. The lowest BCUT2D eigenvalue weighted by atomic mass is 10.2. The standard InChI is InChI=1S/C22H21N3O4/c1-4-28-17-9-7-16(8-10-17)24-22-18(14-23)25-21(29-22)12-6-15-5-11-19(26-2)20(13-15)27-3/h5-13,24H,4H2,1-3H3. The molecule has 0 atom stereocenters. The maximum atomic E-state index is 9.35. The summed E-state index contributed by atoms with van der Waals surface area (Å²) in [5.74, 6) is 2.63. The van der Waals surface area contributed by atoms with Gasteiger partial charge >= 0.3 is 0 Å². The number of nitrogens with zero attached hydrogens (tertiary/aromatic N) is 2. The first-order valence-corrected chi connectivity index (χ1v) is 8.97. The predicted molar refractivity (Wildman–Crippen MR) is 111 cm³/mol. The van der Waals surface area contributed by atoms with Crippen molar-refractivity contribution in [3.63, 3.8) is 0 Å². The van der Waals surface area contributed by atoms with Crippen molar-refractivity contribution in [1.82, 2.24) is 4.98 Å². The second-order valence-electron chi connectivity index (χ2n) is 5.87. The molecule has 0 unspecified atom stereocenters. The Balaban J connectivity index is 1.77. The van der Waals surface area contributed by atoms with Gasteiger partial charge in [0.1, 0.15) is 11.8 Å². The summed E-state index contributed by atoms with van der Waals surface area (Å²) >= 11 is 0. The van der Waals surface area contributed by atoms with Gasteiger partial charge in [-0.2, -0.15) is 10.2 Å². The van der Waals surface area contributed by atoms with Gasteiger partial charge in [0.05, 0.1) is 20.8 Å². The second kappa shape index (κ2) is 9.33. The van der Waals surface area contributed by atoms with E-state index in [0.29, 0.717) is 24.0 Å². The summed E-state index contributed by atoms with van der Waals surface area (Å²) in [4.78, 5) is 4.21. The lowest BCUT2D eigenvalue weighted by molar-refractivity contribution is 0.340. The number of hydrogen-bond acceptors (Lipinski definition) is 7. The molecule has 0 fully saturated rings. The van der Waals surface area contributed by atoms with Gasteiger partial charge in [0.2, 0.25) is 17.5 Å². The van der Waals surface area contributed by atoms with Crippen LogP contribution in [-0.4, -0.2) is 25.8 Å². The van der Waals surface area contributed by atoms with Gasteiger partial charge in [-0.05, 0) is 55.0 Å². The van der Waals surface area contributed by atoms with Gasteiger partial charge in [-0.15, -0.1) is 0 Å². The summed E-state index contributed by atoms with van der Waals surface area (Å²) in [5, 5.41) is 12.4. The van der Waals surface area contributed by atoms with E-state index in [0.717, 1.165) is 17.0 Å². The highest BCUT2D eigenvalue weighted by Gasteiger charge is 2.12. The molecule has 0 spiro atoms. The fraction of sp³-hybridized carbons (Fsp3) is 0.182. The monoisotopic (exact) mass is 391 g/mol. The van der Waals surface area contributed by atoms with Gasteiger partial charge in [0.25, 0.3) is 0 Å². The number of methoxy groups -OCH3 is 2. The Kier molecular flexibility index (Phi) is 6.38. The van der Waals surface area contributed by atoms with Gasteiger partial charge in [-0.25, -0.2) is 0 Å². The molecule has 0 aliphatic carbocycles. The lowest BCUT2D eigenvalue weighted by Gasteiger charge is -2.07. The van der Waals surface area contributed by atoms with E-state index in [1.807, 2.05) is 61.5 Å². The molecule has 7 nitrogen and oxygen atoms in total. The molecule has 0 aliphatic rings. The van der Waals surface area contributed by atoms with E-state index in [4.69, 9.17) is 18.6 Å². The van der Waals surface area contributed by atoms with Crippen LogP contribution in [0.4, 0.5) is 11.6 Å². The Morgan fingerprint density at radius 1 is 1.07 bits per heavy atom. The van der Waals surface area contributed by atoms with E-state index in [9.17, 15) is 5.26 Å². The molecule has 1 N–H and O–H groups in total. The molecule has 7 heteroatoms. The maximum absolute atomic E-state index is 9.35. The van der Waals surface area contributed by atoms with Crippen molar-refractivity contribution in [3.8, 4) is 23.3 Å². The van der Waals surface area contributed by atoms with Crippen molar-refractivity contribution >= 4 is 23.7 Å². The number of hydrogen-bond donors (Lipinski definition) is 1. The molecule has 0 aliphatic heterocycles. The second-order valence-corrected chi connectivity index (χ2v) is 5.87. The van der Waals surface area contributed by atoms with Crippen LogP contribution in [0.1, 0.15) is 24.1 Å². The van der Waals surface area contributed by atoms with Crippen LogP contribution in [0.5, 0.6) is 17.2 Å². The van der Waals surface area contributed by atoms with Crippen LogP contribution < -0.4 is 19.5 Å². The van der Waals surface area contributed by atoms with Crippen LogP contribution in [0.3, 0.4) is 0 Å². The Morgan fingerprint density at radius 2 is 1.83 bits per heavy atom. The fourth-order valence-electron chi connectivity index (χ4n) is 2.62. The van der Waals surface area contributed by atoms with E-state index in [1.165, 1.54) is 0 Å². The first-order valence-electron chi connectivity index (χ1n) is 8.97. The molecule has 2 aromatic carbocycles. The number of anilines is 2. The van der Waals surface area contributed by atoms with Crippen LogP contribution in [-0.2, 0) is 0 Å². The quantitative estimate of drug-likeness (QED) is 0.585. The number of benzene rings is 2. The zero-order valence-electron chi connectivity index (χ0n) is 16.4. The van der Waals surface area contributed by atoms with Gasteiger partial charge in [0, 0.05) is 11.8 Å². The van der Waals surface area contributed by atoms with E-state index in [1.54, 1.807) is 20.3 Å². The minimum atomic E-state index is 0.172. The molecule has 0 saturated carbocycles. The molecule has 29 heavy (non-hydrogen) atoms. The van der Waals surface area contributed by atoms with Crippen LogP contribution in [0.2, 0.25) is 0 Å². The zero-order valence-corrected chi connectivity index (χ0v) is 16.4. The number of rotatable bonds is 8. The van der Waals surface area contributed by atoms with E-state index in [2.05, 4.69) is 10.3 Å². The Bertz CT molecular complexity index is 1030. The largest absolute Gasteiger partial charge is 0.494 e. The summed E-state index contributed by atoms with van der Waals surface area (Å²) < 4.78 is 21.6. The van der Waals surface area contributed by atoms with Gasteiger partial charge in [-0.1, -0.05) is 6.07 Å². The lowest BCUT2D eigenvalue weighted by Crippen LogP contribution is -1.93. The summed E-state index contributed by atoms with van der Waals surface area (Å²) in [5.41, 5.74) is 1.81. The van der Waals surface area contributed by atoms with Crippen molar-refractivity contribution in [1.29, 1.82) is 5.26 Å². The number of aromatic nitrogens is 1. The molecule has 0 amide bonds. The minimum absolute atomic E-state index is 0.172. The third kappa shape index (κ3) is 4.87. The highest BCUT2D eigenvalue weighted by molar-refractivity contribution is 5.69. The Hall–Kier alpha value is -3.92. The highest BCUT2D eigenvalue weighted by Crippen LogP contribution is 2.29. The molecule has 0 bridgehead atoms. The van der Waals surface area contributed by atoms with Gasteiger partial charge in [0.15, 0.2) is 11.5 Å². The smallest absolute Gasteiger partial charge is 0.236 e. The van der Waals surface area contributed by atoms with Crippen molar-refractivity contribution in [2.24, 2.45) is 0 Å². The minimum Gasteiger partial charge on any atom is -0.494 e. The van der Waals surface area contributed by atoms with Crippen molar-refractivity contribution in [2.45, 2.75) is 6.92 Å². The maximum Gasteiger partial charge on any atom is 0.236 e. The molecule has 3 rings (SSSR count). The average molecular weight is 391 g/mol. The summed E-state index contributed by atoms with van der Waals surface area (Å²) in [6.45, 7) is 2.53. The first-order chi connectivity index (χ1) is 14.2. The molecular weight excluding hydrogens is 370 g/mol. The van der Waals surface area contributed by atoms with Crippen LogP contribution in [0.15, 0.2) is 46.9 Å². The van der Waals surface area contributed by atoms with Crippen LogP contribution >= 0.6 is 0 Å². The first kappa shape index (κ1) is 19.8. The van der Waals surface area contributed by atoms with E-state index in [-0.39, 0.29) is 11.6 Å². The normalized spacial score (nSPS) is 10.6. The molecule has 0 radical (unpaired) electrons. The SMILES string of the molecule is CCOc1ccc(Nc2oc(C=Cc3ccc(OC)c(OC)c3)nc2C#N)cc1. The van der Waals surface area contributed by atoms with E-state index >= 15 is 0 Å². The third-order valence-electron chi connectivity index (χ3n) is 4.00. The zero-order chi connectivity index (χ0) is 20.6. The topological polar surface area (TPSA) is 89.5 Å².